The molecule has 0 aromatic carbocycles. The molecule has 1 unspecified atom stereocenters. The van der Waals surface area contributed by atoms with Gasteiger partial charge >= 0.3 is 0 Å². The Labute approximate surface area is 99.0 Å². The van der Waals surface area contributed by atoms with Gasteiger partial charge in [-0.05, 0) is 31.5 Å². The molecule has 3 nitrogen and oxygen atoms in total. The minimum absolute atomic E-state index is 0.407. The number of aromatic nitrogens is 2. The maximum Gasteiger partial charge on any atom is 0.141 e. The van der Waals surface area contributed by atoms with Crippen LogP contribution in [0.15, 0.2) is 36.9 Å². The van der Waals surface area contributed by atoms with Crippen LogP contribution in [0.4, 0.5) is 4.39 Å². The van der Waals surface area contributed by atoms with Gasteiger partial charge in [-0.2, -0.15) is 0 Å². The standard InChI is InChI=1S/C13H13FN2O/c1-9-3-10(6-15-5-9)13(2,17)11-4-12(14)8-16-7-11/h3-8,17H,1-2H3. The number of nitrogens with zero attached hydrogens (tertiary/aromatic N) is 2. The molecule has 17 heavy (non-hydrogen) atoms. The Kier molecular flexibility index (Phi) is 2.90. The largest absolute Gasteiger partial charge is 0.381 e. The molecule has 2 aromatic heterocycles. The van der Waals surface area contributed by atoms with Crippen molar-refractivity contribution in [3.05, 3.63) is 59.4 Å². The fraction of sp³-hybridized carbons (Fsp3) is 0.231. The lowest BCUT2D eigenvalue weighted by Gasteiger charge is -2.24. The molecular weight excluding hydrogens is 219 g/mol. The molecule has 0 aliphatic rings. The van der Waals surface area contributed by atoms with Gasteiger partial charge in [-0.1, -0.05) is 0 Å². The summed E-state index contributed by atoms with van der Waals surface area (Å²) in [6, 6.07) is 3.09. The van der Waals surface area contributed by atoms with Gasteiger partial charge in [-0.25, -0.2) is 4.39 Å². The lowest BCUT2D eigenvalue weighted by Crippen LogP contribution is -2.23. The van der Waals surface area contributed by atoms with Crippen LogP contribution in [0.5, 0.6) is 0 Å². The van der Waals surface area contributed by atoms with Crippen molar-refractivity contribution in [3.8, 4) is 0 Å². The molecule has 0 radical (unpaired) electrons. The summed E-state index contributed by atoms with van der Waals surface area (Å²) >= 11 is 0. The molecule has 4 heteroatoms. The summed E-state index contributed by atoms with van der Waals surface area (Å²) in [6.07, 6.45) is 5.82. The fourth-order valence-corrected chi connectivity index (χ4v) is 1.67. The van der Waals surface area contributed by atoms with Crippen LogP contribution in [0, 0.1) is 12.7 Å². The smallest absolute Gasteiger partial charge is 0.141 e. The number of halogens is 1. The average molecular weight is 232 g/mol. The normalized spacial score (nSPS) is 14.4. The Bertz CT molecular complexity index is 493. The first-order chi connectivity index (χ1) is 8.00. The first-order valence-electron chi connectivity index (χ1n) is 5.25. The van der Waals surface area contributed by atoms with Crippen molar-refractivity contribution in [2.75, 3.05) is 0 Å². The van der Waals surface area contributed by atoms with Gasteiger partial charge < -0.3 is 5.11 Å². The van der Waals surface area contributed by atoms with E-state index in [0.717, 1.165) is 11.8 Å². The molecule has 88 valence electrons. The summed E-state index contributed by atoms with van der Waals surface area (Å²) in [7, 11) is 0. The highest BCUT2D eigenvalue weighted by Gasteiger charge is 2.26. The Morgan fingerprint density at radius 3 is 2.24 bits per heavy atom. The maximum atomic E-state index is 13.1. The van der Waals surface area contributed by atoms with E-state index in [0.29, 0.717) is 11.1 Å². The quantitative estimate of drug-likeness (QED) is 0.863. The van der Waals surface area contributed by atoms with E-state index in [-0.39, 0.29) is 0 Å². The van der Waals surface area contributed by atoms with Gasteiger partial charge in [0.1, 0.15) is 11.4 Å². The predicted octanol–water partition coefficient (Wildman–Crippen LogP) is 2.18. The van der Waals surface area contributed by atoms with E-state index >= 15 is 0 Å². The van der Waals surface area contributed by atoms with Crippen LogP contribution in [0.2, 0.25) is 0 Å². The third-order valence-corrected chi connectivity index (χ3v) is 2.70. The number of hydrogen-bond acceptors (Lipinski definition) is 3. The summed E-state index contributed by atoms with van der Waals surface area (Å²) in [5.41, 5.74) is 0.663. The lowest BCUT2D eigenvalue weighted by molar-refractivity contribution is 0.101. The molecule has 0 aliphatic heterocycles. The van der Waals surface area contributed by atoms with Gasteiger partial charge in [0.05, 0.1) is 6.20 Å². The second-order valence-corrected chi connectivity index (χ2v) is 4.22. The van der Waals surface area contributed by atoms with E-state index in [2.05, 4.69) is 9.97 Å². The van der Waals surface area contributed by atoms with E-state index in [1.54, 1.807) is 19.3 Å². The monoisotopic (exact) mass is 232 g/mol. The van der Waals surface area contributed by atoms with Gasteiger partial charge in [0.25, 0.3) is 0 Å². The third kappa shape index (κ3) is 2.31. The van der Waals surface area contributed by atoms with Crippen LogP contribution < -0.4 is 0 Å². The van der Waals surface area contributed by atoms with Crippen molar-refractivity contribution >= 4 is 0 Å². The molecule has 0 spiro atoms. The van der Waals surface area contributed by atoms with Crippen LogP contribution in [-0.4, -0.2) is 15.1 Å². The summed E-state index contributed by atoms with van der Waals surface area (Å²) < 4.78 is 13.1. The van der Waals surface area contributed by atoms with E-state index in [4.69, 9.17) is 0 Å². The molecule has 0 amide bonds. The average Bonchev–Trinajstić information content (AvgIpc) is 2.29. The Morgan fingerprint density at radius 1 is 1.06 bits per heavy atom. The highest BCUT2D eigenvalue weighted by molar-refractivity contribution is 5.33. The zero-order valence-corrected chi connectivity index (χ0v) is 9.68. The van der Waals surface area contributed by atoms with Crippen LogP contribution in [-0.2, 0) is 5.60 Å². The number of rotatable bonds is 2. The minimum Gasteiger partial charge on any atom is -0.381 e. The maximum absolute atomic E-state index is 13.1. The van der Waals surface area contributed by atoms with Crippen LogP contribution in [0.3, 0.4) is 0 Å². The van der Waals surface area contributed by atoms with Crippen molar-refractivity contribution in [3.63, 3.8) is 0 Å². The van der Waals surface area contributed by atoms with Crippen LogP contribution in [0.25, 0.3) is 0 Å². The minimum atomic E-state index is -1.30. The zero-order chi connectivity index (χ0) is 12.5. The Balaban J connectivity index is 2.49. The first-order valence-corrected chi connectivity index (χ1v) is 5.25. The van der Waals surface area contributed by atoms with E-state index in [1.165, 1.54) is 12.3 Å². The molecule has 0 bridgehead atoms. The number of aliphatic hydroxyl groups is 1. The lowest BCUT2D eigenvalue weighted by atomic mass is 9.90. The molecule has 2 rings (SSSR count). The van der Waals surface area contributed by atoms with E-state index in [1.807, 2.05) is 13.0 Å². The van der Waals surface area contributed by atoms with E-state index in [9.17, 15) is 9.50 Å². The molecule has 1 N–H and O–H groups in total. The highest BCUT2D eigenvalue weighted by atomic mass is 19.1. The number of pyridine rings is 2. The molecule has 0 fully saturated rings. The van der Waals surface area contributed by atoms with Crippen LogP contribution >= 0.6 is 0 Å². The molecule has 0 saturated carbocycles. The predicted molar refractivity (Wildman–Crippen MR) is 61.8 cm³/mol. The van der Waals surface area contributed by atoms with Gasteiger partial charge in [0.2, 0.25) is 0 Å². The highest BCUT2D eigenvalue weighted by Crippen LogP contribution is 2.28. The van der Waals surface area contributed by atoms with Gasteiger partial charge in [0.15, 0.2) is 0 Å². The molecule has 0 saturated heterocycles. The van der Waals surface area contributed by atoms with Crippen molar-refractivity contribution in [2.24, 2.45) is 0 Å². The first kappa shape index (κ1) is 11.7. The second kappa shape index (κ2) is 4.22. The van der Waals surface area contributed by atoms with Crippen LogP contribution in [0.1, 0.15) is 23.6 Å². The summed E-state index contributed by atoms with van der Waals surface area (Å²) in [5.74, 6) is -0.469. The molecular formula is C13H13FN2O. The molecule has 0 aliphatic carbocycles. The SMILES string of the molecule is Cc1cncc(C(C)(O)c2cncc(F)c2)c1. The zero-order valence-electron chi connectivity index (χ0n) is 9.68. The van der Waals surface area contributed by atoms with Crippen molar-refractivity contribution in [1.29, 1.82) is 0 Å². The number of hydrogen-bond donors (Lipinski definition) is 1. The summed E-state index contributed by atoms with van der Waals surface area (Å²) in [6.45, 7) is 3.48. The van der Waals surface area contributed by atoms with Crippen molar-refractivity contribution < 1.29 is 9.50 Å². The fourth-order valence-electron chi connectivity index (χ4n) is 1.67. The topological polar surface area (TPSA) is 46.0 Å². The molecule has 2 heterocycles. The number of aryl methyl sites for hydroxylation is 1. The van der Waals surface area contributed by atoms with Gasteiger partial charge in [-0.3, -0.25) is 9.97 Å². The van der Waals surface area contributed by atoms with Crippen molar-refractivity contribution in [1.82, 2.24) is 9.97 Å². The second-order valence-electron chi connectivity index (χ2n) is 4.22. The third-order valence-electron chi connectivity index (χ3n) is 2.70. The van der Waals surface area contributed by atoms with E-state index < -0.39 is 11.4 Å². The summed E-state index contributed by atoms with van der Waals surface area (Å²) in [5, 5.41) is 10.5. The Morgan fingerprint density at radius 2 is 1.65 bits per heavy atom. The Hall–Kier alpha value is -1.81. The van der Waals surface area contributed by atoms with Gasteiger partial charge in [-0.15, -0.1) is 0 Å². The summed E-state index contributed by atoms with van der Waals surface area (Å²) in [4.78, 5) is 7.77. The molecule has 1 atom stereocenters. The van der Waals surface area contributed by atoms with Crippen molar-refractivity contribution in [2.45, 2.75) is 19.4 Å². The van der Waals surface area contributed by atoms with Gasteiger partial charge in [0, 0.05) is 29.7 Å². The molecule has 2 aromatic rings.